The molecule has 0 radical (unpaired) electrons. The number of hydrogen-bond donors (Lipinski definition) is 0. The fourth-order valence-electron chi connectivity index (χ4n) is 4.84. The van der Waals surface area contributed by atoms with Crippen molar-refractivity contribution in [3.63, 3.8) is 0 Å². The normalized spacial score (nSPS) is 12.0. The van der Waals surface area contributed by atoms with Crippen molar-refractivity contribution in [2.75, 3.05) is 0 Å². The molecule has 4 aromatic carbocycles. The molecular weight excluding hydrogens is 719 g/mol. The van der Waals surface area contributed by atoms with Crippen LogP contribution in [0.2, 0.25) is 0 Å². The SMILES string of the molecule is Fc1cc(F)c(F)[c]([Ga-]([c]2c(F)c(F)c(F)c(F)c2F)([c]2c(F)c(F)c(F)c(F)c2F)[c]2c(F)c(F)c(F)c(F)c2F)c1F. The zero-order valence-corrected chi connectivity index (χ0v) is 22.3. The molecule has 0 aliphatic rings. The Morgan fingerprint density at radius 3 is 0.591 bits per heavy atom. The number of rotatable bonds is 4. The Balaban J connectivity index is 2.68. The Labute approximate surface area is 231 Å². The van der Waals surface area contributed by atoms with Crippen LogP contribution in [-0.4, -0.2) is 15.0 Å². The van der Waals surface area contributed by atoms with E-state index in [9.17, 15) is 48.3 Å². The van der Waals surface area contributed by atoms with Gasteiger partial charge in [0.2, 0.25) is 0 Å². The Bertz CT molecular complexity index is 1640. The molecule has 0 saturated heterocycles. The summed E-state index contributed by atoms with van der Waals surface area (Å²) in [4.78, 5) is 0. The van der Waals surface area contributed by atoms with Gasteiger partial charge in [-0.25, -0.2) is 0 Å². The van der Waals surface area contributed by atoms with Crippen LogP contribution in [0.1, 0.15) is 0 Å². The third kappa shape index (κ3) is 4.20. The summed E-state index contributed by atoms with van der Waals surface area (Å²) in [6.07, 6.45) is 0. The van der Waals surface area contributed by atoms with Crippen molar-refractivity contribution < 1.29 is 83.4 Å². The molecule has 0 fully saturated rings. The summed E-state index contributed by atoms with van der Waals surface area (Å²) in [6, 6.07) is -0.834. The van der Waals surface area contributed by atoms with Crippen molar-refractivity contribution in [2.24, 2.45) is 0 Å². The van der Waals surface area contributed by atoms with E-state index in [-0.39, 0.29) is 0 Å². The molecular formula is C24HF19Ga-. The van der Waals surface area contributed by atoms with Gasteiger partial charge in [0.15, 0.2) is 0 Å². The van der Waals surface area contributed by atoms with Crippen LogP contribution < -0.4 is 16.5 Å². The average molecular weight is 720 g/mol. The summed E-state index contributed by atoms with van der Waals surface area (Å²) in [6.45, 7) is 0. The molecule has 0 aromatic heterocycles. The first-order chi connectivity index (χ1) is 20.3. The summed E-state index contributed by atoms with van der Waals surface area (Å²) in [7, 11) is 0. The summed E-state index contributed by atoms with van der Waals surface area (Å²) < 4.78 is 267. The van der Waals surface area contributed by atoms with Crippen molar-refractivity contribution in [2.45, 2.75) is 0 Å². The first-order valence-electron chi connectivity index (χ1n) is 10.8. The van der Waals surface area contributed by atoms with Gasteiger partial charge in [0.25, 0.3) is 0 Å². The molecule has 0 bridgehead atoms. The van der Waals surface area contributed by atoms with Crippen LogP contribution in [-0.2, 0) is 0 Å². The van der Waals surface area contributed by atoms with Crippen LogP contribution in [0.4, 0.5) is 83.4 Å². The van der Waals surface area contributed by atoms with Gasteiger partial charge in [0.05, 0.1) is 0 Å². The van der Waals surface area contributed by atoms with E-state index >= 15 is 35.1 Å². The van der Waals surface area contributed by atoms with E-state index in [2.05, 4.69) is 0 Å². The van der Waals surface area contributed by atoms with Crippen molar-refractivity contribution in [3.8, 4) is 0 Å². The van der Waals surface area contributed by atoms with Crippen molar-refractivity contribution >= 4 is 31.5 Å². The van der Waals surface area contributed by atoms with Crippen LogP contribution in [0.3, 0.4) is 0 Å². The fraction of sp³-hybridized carbons (Fsp3) is 0. The van der Waals surface area contributed by atoms with Gasteiger partial charge in [0.1, 0.15) is 0 Å². The van der Waals surface area contributed by atoms with E-state index in [4.69, 9.17) is 0 Å². The molecule has 0 spiro atoms. The average Bonchev–Trinajstić information content (AvgIpc) is 2.98. The van der Waals surface area contributed by atoms with Gasteiger partial charge < -0.3 is 0 Å². The monoisotopic (exact) mass is 719 g/mol. The van der Waals surface area contributed by atoms with Gasteiger partial charge in [-0.15, -0.1) is 0 Å². The van der Waals surface area contributed by atoms with Gasteiger partial charge in [-0.2, -0.15) is 0 Å². The first kappa shape index (κ1) is 33.1. The number of benzene rings is 4. The molecule has 0 unspecified atom stereocenters. The Morgan fingerprint density at radius 1 is 0.227 bits per heavy atom. The molecule has 0 atom stereocenters. The van der Waals surface area contributed by atoms with Crippen molar-refractivity contribution in [1.29, 1.82) is 0 Å². The number of hydrogen-bond acceptors (Lipinski definition) is 0. The van der Waals surface area contributed by atoms with Gasteiger partial charge in [-0.1, -0.05) is 0 Å². The minimum absolute atomic E-state index is 0.834. The zero-order chi connectivity index (χ0) is 33.5. The van der Waals surface area contributed by atoms with Crippen LogP contribution in [0.25, 0.3) is 0 Å². The topological polar surface area (TPSA) is 0 Å². The van der Waals surface area contributed by atoms with Crippen LogP contribution in [0.5, 0.6) is 0 Å². The van der Waals surface area contributed by atoms with Gasteiger partial charge >= 0.3 is 232 Å². The second-order valence-corrected chi connectivity index (χ2v) is 17.2. The molecule has 0 N–H and O–H groups in total. The van der Waals surface area contributed by atoms with E-state index in [0.29, 0.717) is 0 Å². The molecule has 44 heavy (non-hydrogen) atoms. The van der Waals surface area contributed by atoms with Gasteiger partial charge in [-0.3, -0.25) is 0 Å². The van der Waals surface area contributed by atoms with E-state index in [1.54, 1.807) is 0 Å². The summed E-state index contributed by atoms with van der Waals surface area (Å²) in [5.74, 6) is -64.1. The summed E-state index contributed by atoms with van der Waals surface area (Å²) in [5.41, 5.74) is 0. The fourth-order valence-corrected chi connectivity index (χ4v) is 17.0. The zero-order valence-electron chi connectivity index (χ0n) is 19.8. The Kier molecular flexibility index (Phi) is 8.25. The molecule has 0 heterocycles. The molecule has 4 rings (SSSR count). The molecule has 0 amide bonds. The summed E-state index contributed by atoms with van der Waals surface area (Å²) in [5, 5.41) is 0. The van der Waals surface area contributed by atoms with E-state index in [0.717, 1.165) is 0 Å². The van der Waals surface area contributed by atoms with Crippen molar-refractivity contribution in [1.82, 2.24) is 0 Å². The maximum atomic E-state index is 15.4. The molecule has 4 aromatic rings. The predicted molar refractivity (Wildman–Crippen MR) is 109 cm³/mol. The van der Waals surface area contributed by atoms with Gasteiger partial charge in [-0.05, 0) is 0 Å². The molecule has 0 aliphatic heterocycles. The van der Waals surface area contributed by atoms with E-state index in [1.807, 2.05) is 0 Å². The number of halogens is 19. The molecule has 0 saturated carbocycles. The molecule has 0 nitrogen and oxygen atoms in total. The summed E-state index contributed by atoms with van der Waals surface area (Å²) >= 11 is -9.54. The predicted octanol–water partition coefficient (Wildman–Crippen LogP) is 5.71. The van der Waals surface area contributed by atoms with Crippen LogP contribution >= 0.6 is 0 Å². The van der Waals surface area contributed by atoms with Crippen LogP contribution in [0, 0.1) is 111 Å². The second-order valence-electron chi connectivity index (χ2n) is 8.70. The molecule has 0 aliphatic carbocycles. The third-order valence-corrected chi connectivity index (χ3v) is 18.1. The van der Waals surface area contributed by atoms with Gasteiger partial charge in [0, 0.05) is 0 Å². The quantitative estimate of drug-likeness (QED) is 0.110. The van der Waals surface area contributed by atoms with E-state index in [1.165, 1.54) is 0 Å². The van der Waals surface area contributed by atoms with Crippen LogP contribution in [0.15, 0.2) is 6.07 Å². The molecule has 20 heteroatoms. The minimum atomic E-state index is -9.54. The Hall–Kier alpha value is -3.81. The Morgan fingerprint density at radius 2 is 0.386 bits per heavy atom. The second kappa shape index (κ2) is 11.0. The van der Waals surface area contributed by atoms with Crippen molar-refractivity contribution in [3.05, 3.63) is 117 Å². The van der Waals surface area contributed by atoms with E-state index < -0.39 is 148 Å². The first-order valence-corrected chi connectivity index (χ1v) is 15.7. The standard InChI is InChI=1S/3C6F5.C6HF4.Ga/c3*7-2-1-3(8)5(10)6(11)4(2)9;7-3-1-4(8)6(10)2-5(3)9;/h;;;1H;/q;;;;-1. The molecule has 234 valence electrons. The third-order valence-electron chi connectivity index (χ3n) is 6.61. The maximum absolute atomic E-state index is 15.4.